The third kappa shape index (κ3) is 5.21. The molecule has 0 aliphatic heterocycles. The van der Waals surface area contributed by atoms with E-state index >= 15 is 0 Å². The molecule has 1 aliphatic carbocycles. The number of pyridine rings is 1. The van der Waals surface area contributed by atoms with Crippen molar-refractivity contribution < 1.29 is 5.11 Å². The molecule has 3 aromatic heterocycles. The largest absolute Gasteiger partial charge is 0.393 e. The minimum atomic E-state index is -0.178. The third-order valence-electron chi connectivity index (χ3n) is 5.49. The third-order valence-corrected chi connectivity index (χ3v) is 6.39. The predicted octanol–water partition coefficient (Wildman–Crippen LogP) is 3.78. The van der Waals surface area contributed by atoms with Gasteiger partial charge in [-0.15, -0.1) is 0 Å². The molecule has 30 heavy (non-hydrogen) atoms. The quantitative estimate of drug-likeness (QED) is 0.499. The van der Waals surface area contributed by atoms with E-state index in [4.69, 9.17) is 9.97 Å². The minimum absolute atomic E-state index is 0.178. The second-order valence-corrected chi connectivity index (χ2v) is 8.63. The Bertz CT molecular complexity index is 934. The SMILES string of the molecule is CCN(CC)Cc1cc(Nc2nc3cccnc3s2)nc(NC2CCC(O)CC2)n1. The van der Waals surface area contributed by atoms with E-state index < -0.39 is 0 Å². The summed E-state index contributed by atoms with van der Waals surface area (Å²) in [5.41, 5.74) is 1.84. The molecule has 0 spiro atoms. The molecule has 8 nitrogen and oxygen atoms in total. The summed E-state index contributed by atoms with van der Waals surface area (Å²) in [7, 11) is 0. The van der Waals surface area contributed by atoms with Crippen molar-refractivity contribution in [2.75, 3.05) is 23.7 Å². The monoisotopic (exact) mass is 427 g/mol. The molecule has 3 aromatic rings. The van der Waals surface area contributed by atoms with Gasteiger partial charge in [0, 0.05) is 24.8 Å². The molecule has 0 bridgehead atoms. The number of fused-ring (bicyclic) bond motifs is 1. The molecule has 4 rings (SSSR count). The molecule has 9 heteroatoms. The maximum atomic E-state index is 9.77. The summed E-state index contributed by atoms with van der Waals surface area (Å²) in [4.78, 5) is 21.7. The number of aliphatic hydroxyl groups excluding tert-OH is 1. The first-order chi connectivity index (χ1) is 14.6. The summed E-state index contributed by atoms with van der Waals surface area (Å²) < 4.78 is 0. The van der Waals surface area contributed by atoms with Gasteiger partial charge in [0.2, 0.25) is 5.95 Å². The second-order valence-electron chi connectivity index (χ2n) is 7.65. The first kappa shape index (κ1) is 20.9. The first-order valence-corrected chi connectivity index (χ1v) is 11.5. The molecule has 1 fully saturated rings. The van der Waals surface area contributed by atoms with Crippen molar-refractivity contribution in [3.05, 3.63) is 30.1 Å². The molecule has 160 valence electrons. The van der Waals surface area contributed by atoms with E-state index in [1.54, 1.807) is 6.20 Å². The average Bonchev–Trinajstić information content (AvgIpc) is 3.15. The van der Waals surface area contributed by atoms with Crippen LogP contribution in [-0.2, 0) is 6.54 Å². The summed E-state index contributed by atoms with van der Waals surface area (Å²) in [5, 5.41) is 17.4. The number of thiazole rings is 1. The van der Waals surface area contributed by atoms with Crippen LogP contribution in [-0.4, -0.2) is 55.2 Å². The van der Waals surface area contributed by atoms with Crippen molar-refractivity contribution in [2.45, 2.75) is 58.2 Å². The van der Waals surface area contributed by atoms with E-state index in [0.717, 1.165) is 72.3 Å². The Morgan fingerprint density at radius 2 is 1.93 bits per heavy atom. The molecular formula is C21H29N7OS. The Morgan fingerprint density at radius 3 is 2.67 bits per heavy atom. The van der Waals surface area contributed by atoms with E-state index in [9.17, 15) is 5.11 Å². The minimum Gasteiger partial charge on any atom is -0.393 e. The highest BCUT2D eigenvalue weighted by molar-refractivity contribution is 7.21. The Labute approximate surface area is 180 Å². The zero-order valence-corrected chi connectivity index (χ0v) is 18.3. The first-order valence-electron chi connectivity index (χ1n) is 10.7. The van der Waals surface area contributed by atoms with Crippen LogP contribution >= 0.6 is 11.3 Å². The van der Waals surface area contributed by atoms with Crippen LogP contribution in [0.25, 0.3) is 10.3 Å². The van der Waals surface area contributed by atoms with Gasteiger partial charge in [0.05, 0.1) is 11.8 Å². The fourth-order valence-corrected chi connectivity index (χ4v) is 4.53. The number of nitrogens with one attached hydrogen (secondary N) is 2. The summed E-state index contributed by atoms with van der Waals surface area (Å²) in [6.45, 7) is 7.02. The molecule has 0 aromatic carbocycles. The Balaban J connectivity index is 1.57. The molecule has 0 saturated heterocycles. The van der Waals surface area contributed by atoms with Gasteiger partial charge in [0.1, 0.15) is 16.2 Å². The fraction of sp³-hybridized carbons (Fsp3) is 0.524. The highest BCUT2D eigenvalue weighted by Gasteiger charge is 2.20. The van der Waals surface area contributed by atoms with Crippen LogP contribution in [0.1, 0.15) is 45.2 Å². The summed E-state index contributed by atoms with van der Waals surface area (Å²) in [6.07, 6.45) is 5.10. The van der Waals surface area contributed by atoms with E-state index in [2.05, 4.69) is 39.3 Å². The number of aromatic nitrogens is 4. The molecule has 3 heterocycles. The van der Waals surface area contributed by atoms with E-state index in [-0.39, 0.29) is 12.1 Å². The predicted molar refractivity (Wildman–Crippen MR) is 121 cm³/mol. The highest BCUT2D eigenvalue weighted by atomic mass is 32.1. The van der Waals surface area contributed by atoms with Crippen molar-refractivity contribution in [1.82, 2.24) is 24.8 Å². The number of nitrogens with zero attached hydrogens (tertiary/aromatic N) is 5. The summed E-state index contributed by atoms with van der Waals surface area (Å²) in [6, 6.07) is 6.13. The summed E-state index contributed by atoms with van der Waals surface area (Å²) >= 11 is 1.51. The Hall–Kier alpha value is -2.36. The normalized spacial score (nSPS) is 19.3. The van der Waals surface area contributed by atoms with E-state index in [1.807, 2.05) is 18.2 Å². The van der Waals surface area contributed by atoms with Gasteiger partial charge in [-0.25, -0.2) is 15.0 Å². The maximum absolute atomic E-state index is 9.77. The van der Waals surface area contributed by atoms with Crippen LogP contribution in [0.15, 0.2) is 24.4 Å². The van der Waals surface area contributed by atoms with Crippen molar-refractivity contribution in [2.24, 2.45) is 0 Å². The molecule has 3 N–H and O–H groups in total. The number of hydrogen-bond donors (Lipinski definition) is 3. The molecule has 0 unspecified atom stereocenters. The lowest BCUT2D eigenvalue weighted by atomic mass is 9.93. The smallest absolute Gasteiger partial charge is 0.225 e. The fourth-order valence-electron chi connectivity index (χ4n) is 3.72. The van der Waals surface area contributed by atoms with Gasteiger partial charge < -0.3 is 15.7 Å². The van der Waals surface area contributed by atoms with Crippen LogP contribution in [0.4, 0.5) is 16.9 Å². The Morgan fingerprint density at radius 1 is 1.13 bits per heavy atom. The van der Waals surface area contributed by atoms with Gasteiger partial charge in [-0.3, -0.25) is 4.90 Å². The topological polar surface area (TPSA) is 99.1 Å². The highest BCUT2D eigenvalue weighted by Crippen LogP contribution is 2.27. The van der Waals surface area contributed by atoms with Crippen molar-refractivity contribution >= 4 is 38.6 Å². The molecular weight excluding hydrogens is 398 g/mol. The second kappa shape index (κ2) is 9.63. The van der Waals surface area contributed by atoms with Crippen molar-refractivity contribution in [3.63, 3.8) is 0 Å². The van der Waals surface area contributed by atoms with Gasteiger partial charge >= 0.3 is 0 Å². The van der Waals surface area contributed by atoms with Gasteiger partial charge in [-0.2, -0.15) is 4.98 Å². The van der Waals surface area contributed by atoms with Crippen molar-refractivity contribution in [3.8, 4) is 0 Å². The Kier molecular flexibility index (Phi) is 6.71. The lowest BCUT2D eigenvalue weighted by Crippen LogP contribution is -2.29. The molecule has 0 radical (unpaired) electrons. The lowest BCUT2D eigenvalue weighted by molar-refractivity contribution is 0.126. The van der Waals surface area contributed by atoms with Gasteiger partial charge in [-0.05, 0) is 50.9 Å². The van der Waals surface area contributed by atoms with Crippen LogP contribution in [0.5, 0.6) is 0 Å². The molecule has 0 atom stereocenters. The van der Waals surface area contributed by atoms with Crippen molar-refractivity contribution in [1.29, 1.82) is 0 Å². The number of rotatable bonds is 8. The summed E-state index contributed by atoms with van der Waals surface area (Å²) in [5.74, 6) is 1.35. The molecule has 0 amide bonds. The number of hydrogen-bond acceptors (Lipinski definition) is 9. The number of anilines is 3. The van der Waals surface area contributed by atoms with E-state index in [0.29, 0.717) is 5.95 Å². The van der Waals surface area contributed by atoms with Crippen LogP contribution in [0, 0.1) is 0 Å². The van der Waals surface area contributed by atoms with Gasteiger partial charge in [0.25, 0.3) is 0 Å². The van der Waals surface area contributed by atoms with Crippen LogP contribution in [0.3, 0.4) is 0 Å². The lowest BCUT2D eigenvalue weighted by Gasteiger charge is -2.26. The standard InChI is InChI=1S/C21H29N7OS/c1-3-28(4-2)13-15-12-18(27-21-25-17-6-5-11-22-19(17)30-21)26-20(24-15)23-14-7-9-16(29)10-8-14/h5-6,11-12,14,16,29H,3-4,7-10,13H2,1-2H3,(H2,23,24,25,26,27). The zero-order chi connectivity index (χ0) is 20.9. The maximum Gasteiger partial charge on any atom is 0.225 e. The zero-order valence-electron chi connectivity index (χ0n) is 17.5. The molecule has 1 aliphatic rings. The van der Waals surface area contributed by atoms with Gasteiger partial charge in [0.15, 0.2) is 5.13 Å². The van der Waals surface area contributed by atoms with E-state index in [1.165, 1.54) is 11.3 Å². The van der Waals surface area contributed by atoms with Crippen LogP contribution < -0.4 is 10.6 Å². The molecule has 1 saturated carbocycles. The number of aliphatic hydroxyl groups is 1. The van der Waals surface area contributed by atoms with Crippen LogP contribution in [0.2, 0.25) is 0 Å². The average molecular weight is 428 g/mol. The van der Waals surface area contributed by atoms with Gasteiger partial charge in [-0.1, -0.05) is 25.2 Å².